The van der Waals surface area contributed by atoms with Gasteiger partial charge in [-0.2, -0.15) is 0 Å². The molecule has 1 N–H and O–H groups in total. The van der Waals surface area contributed by atoms with Crippen molar-refractivity contribution in [2.24, 2.45) is 0 Å². The molecule has 1 nitrogen and oxygen atoms in total. The van der Waals surface area contributed by atoms with E-state index >= 15 is 0 Å². The van der Waals surface area contributed by atoms with E-state index in [1.165, 1.54) is 44.2 Å². The minimum Gasteiger partial charge on any atom is -0.388 e. The van der Waals surface area contributed by atoms with Gasteiger partial charge < -0.3 is 5.32 Å². The SMILES string of the molecule is C=c1cc/c(=C(/c2ccc(C)c(C)c2)c2ccc(NC)c(C)c2)cc1C. The fourth-order valence-electron chi connectivity index (χ4n) is 3.35. The number of anilines is 1. The lowest BCUT2D eigenvalue weighted by molar-refractivity contribution is 1.31. The Morgan fingerprint density at radius 1 is 0.692 bits per heavy atom. The lowest BCUT2D eigenvalue weighted by atomic mass is 9.91. The lowest BCUT2D eigenvalue weighted by Crippen LogP contribution is -2.15. The molecule has 0 saturated heterocycles. The molecule has 1 heteroatoms. The normalized spacial score (nSPS) is 12.0. The third-order valence-electron chi connectivity index (χ3n) is 5.21. The van der Waals surface area contributed by atoms with Gasteiger partial charge in [0.2, 0.25) is 0 Å². The van der Waals surface area contributed by atoms with Crippen molar-refractivity contribution in [1.29, 1.82) is 0 Å². The Kier molecular flexibility index (Phi) is 4.99. The summed E-state index contributed by atoms with van der Waals surface area (Å²) < 4.78 is 0. The maximum atomic E-state index is 4.11. The molecule has 0 amide bonds. The van der Waals surface area contributed by atoms with Crippen LogP contribution >= 0.6 is 0 Å². The van der Waals surface area contributed by atoms with E-state index < -0.39 is 0 Å². The van der Waals surface area contributed by atoms with Crippen LogP contribution in [0.15, 0.2) is 54.6 Å². The summed E-state index contributed by atoms with van der Waals surface area (Å²) in [7, 11) is 1.96. The number of nitrogens with one attached hydrogen (secondary N) is 1. The van der Waals surface area contributed by atoms with Crippen molar-refractivity contribution in [1.82, 2.24) is 0 Å². The molecular formula is C25H27N. The van der Waals surface area contributed by atoms with Gasteiger partial charge in [0, 0.05) is 12.7 Å². The van der Waals surface area contributed by atoms with Gasteiger partial charge in [0.15, 0.2) is 0 Å². The lowest BCUT2D eigenvalue weighted by Gasteiger charge is -2.14. The molecule has 0 fully saturated rings. The van der Waals surface area contributed by atoms with Gasteiger partial charge in [0.1, 0.15) is 0 Å². The van der Waals surface area contributed by atoms with E-state index in [-0.39, 0.29) is 0 Å². The molecule has 0 aliphatic heterocycles. The molecule has 3 aromatic rings. The van der Waals surface area contributed by atoms with Crippen molar-refractivity contribution < 1.29 is 0 Å². The van der Waals surface area contributed by atoms with Crippen LogP contribution in [-0.4, -0.2) is 7.05 Å². The van der Waals surface area contributed by atoms with Gasteiger partial charge in [-0.25, -0.2) is 0 Å². The molecule has 3 aromatic carbocycles. The van der Waals surface area contributed by atoms with E-state index in [4.69, 9.17) is 0 Å². The number of aryl methyl sites for hydroxylation is 4. The molecular weight excluding hydrogens is 314 g/mol. The first-order valence-corrected chi connectivity index (χ1v) is 9.07. The van der Waals surface area contributed by atoms with Gasteiger partial charge in [0.25, 0.3) is 0 Å². The minimum absolute atomic E-state index is 1.08. The zero-order valence-electron chi connectivity index (χ0n) is 16.4. The van der Waals surface area contributed by atoms with Gasteiger partial charge >= 0.3 is 0 Å². The van der Waals surface area contributed by atoms with Gasteiger partial charge in [-0.15, -0.1) is 0 Å². The zero-order valence-corrected chi connectivity index (χ0v) is 16.4. The summed E-state index contributed by atoms with van der Waals surface area (Å²) >= 11 is 0. The second-order valence-electron chi connectivity index (χ2n) is 7.10. The fourth-order valence-corrected chi connectivity index (χ4v) is 3.35. The van der Waals surface area contributed by atoms with Crippen LogP contribution in [0.4, 0.5) is 5.69 Å². The van der Waals surface area contributed by atoms with Crippen LogP contribution in [0.25, 0.3) is 12.2 Å². The van der Waals surface area contributed by atoms with Crippen LogP contribution in [0, 0.1) is 27.7 Å². The average molecular weight is 341 g/mol. The highest BCUT2D eigenvalue weighted by Crippen LogP contribution is 2.26. The fraction of sp³-hybridized carbons (Fsp3) is 0.200. The van der Waals surface area contributed by atoms with Crippen LogP contribution < -0.4 is 15.8 Å². The molecule has 132 valence electrons. The van der Waals surface area contributed by atoms with Crippen molar-refractivity contribution in [2.45, 2.75) is 27.7 Å². The van der Waals surface area contributed by atoms with E-state index in [0.717, 1.165) is 10.9 Å². The Bertz CT molecular complexity index is 1070. The minimum atomic E-state index is 1.08. The highest BCUT2D eigenvalue weighted by molar-refractivity contribution is 5.81. The highest BCUT2D eigenvalue weighted by Gasteiger charge is 2.10. The van der Waals surface area contributed by atoms with Gasteiger partial charge in [-0.05, 0) is 89.2 Å². The quantitative estimate of drug-likeness (QED) is 0.733. The summed E-state index contributed by atoms with van der Waals surface area (Å²) in [5, 5.41) is 5.57. The maximum absolute atomic E-state index is 4.11. The number of hydrogen-bond acceptors (Lipinski definition) is 1. The Morgan fingerprint density at radius 3 is 1.92 bits per heavy atom. The van der Waals surface area contributed by atoms with E-state index in [1.807, 2.05) is 7.05 Å². The molecule has 0 aromatic heterocycles. The van der Waals surface area contributed by atoms with E-state index in [0.29, 0.717) is 0 Å². The van der Waals surface area contributed by atoms with Gasteiger partial charge in [0.05, 0.1) is 0 Å². The average Bonchev–Trinajstić information content (AvgIpc) is 2.61. The summed E-state index contributed by atoms with van der Waals surface area (Å²) in [5.74, 6) is 0. The molecule has 0 unspecified atom stereocenters. The van der Waals surface area contributed by atoms with Gasteiger partial charge in [-0.3, -0.25) is 0 Å². The molecule has 0 aliphatic rings. The van der Waals surface area contributed by atoms with Crippen molar-refractivity contribution in [3.05, 3.63) is 98.4 Å². The first-order valence-electron chi connectivity index (χ1n) is 9.07. The zero-order chi connectivity index (χ0) is 18.8. The predicted molar refractivity (Wildman–Crippen MR) is 114 cm³/mol. The van der Waals surface area contributed by atoms with Crippen LogP contribution in [0.5, 0.6) is 0 Å². The van der Waals surface area contributed by atoms with E-state index in [9.17, 15) is 0 Å². The molecule has 3 rings (SSSR count). The molecule has 0 bridgehead atoms. The molecule has 0 heterocycles. The maximum Gasteiger partial charge on any atom is 0.0367 e. The van der Waals surface area contributed by atoms with E-state index in [2.05, 4.69) is 94.2 Å². The van der Waals surface area contributed by atoms with Crippen LogP contribution in [0.3, 0.4) is 0 Å². The number of rotatable bonds is 3. The second-order valence-corrected chi connectivity index (χ2v) is 7.10. The summed E-state index contributed by atoms with van der Waals surface area (Å²) in [6.45, 7) is 12.7. The first kappa shape index (κ1) is 18.0. The molecule has 0 aliphatic carbocycles. The van der Waals surface area contributed by atoms with Crippen molar-refractivity contribution in [3.63, 3.8) is 0 Å². The van der Waals surface area contributed by atoms with Crippen molar-refractivity contribution >= 4 is 17.8 Å². The monoisotopic (exact) mass is 341 g/mol. The largest absolute Gasteiger partial charge is 0.388 e. The standard InChI is InChI=1S/C25H27N/c1-16-7-9-21(13-18(16)3)25(22-10-8-17(2)19(4)14-22)23-11-12-24(26-6)20(5)15-23/h7-15,26H,1H2,2-6H3/b25-21+. The van der Waals surface area contributed by atoms with Crippen LogP contribution in [0.1, 0.15) is 33.4 Å². The number of hydrogen-bond donors (Lipinski definition) is 1. The molecule has 0 spiro atoms. The summed E-state index contributed by atoms with van der Waals surface area (Å²) in [6, 6.07) is 19.9. The third-order valence-corrected chi connectivity index (χ3v) is 5.21. The van der Waals surface area contributed by atoms with Crippen molar-refractivity contribution in [3.8, 4) is 0 Å². The Hall–Kier alpha value is -2.80. The second kappa shape index (κ2) is 7.21. The third kappa shape index (κ3) is 3.43. The first-order chi connectivity index (χ1) is 12.4. The van der Waals surface area contributed by atoms with Crippen molar-refractivity contribution in [2.75, 3.05) is 12.4 Å². The smallest absolute Gasteiger partial charge is 0.0367 e. The van der Waals surface area contributed by atoms with Crippen LogP contribution in [0.2, 0.25) is 0 Å². The summed E-state index contributed by atoms with van der Waals surface area (Å²) in [5.41, 5.74) is 10.0. The summed E-state index contributed by atoms with van der Waals surface area (Å²) in [4.78, 5) is 0. The molecule has 0 saturated carbocycles. The van der Waals surface area contributed by atoms with Crippen LogP contribution in [-0.2, 0) is 0 Å². The molecule has 0 atom stereocenters. The molecule has 26 heavy (non-hydrogen) atoms. The number of benzene rings is 3. The topological polar surface area (TPSA) is 12.0 Å². The van der Waals surface area contributed by atoms with Gasteiger partial charge in [-0.1, -0.05) is 49.0 Å². The highest BCUT2D eigenvalue weighted by atomic mass is 14.8. The molecule has 0 radical (unpaired) electrons. The Labute approximate surface area is 156 Å². The van der Waals surface area contributed by atoms with E-state index in [1.54, 1.807) is 0 Å². The summed E-state index contributed by atoms with van der Waals surface area (Å²) in [6.07, 6.45) is 0. The Balaban J connectivity index is 2.36. The predicted octanol–water partition coefficient (Wildman–Crippen LogP) is 4.62. The Morgan fingerprint density at radius 2 is 1.35 bits per heavy atom.